The van der Waals surface area contributed by atoms with E-state index in [1.54, 1.807) is 41.6 Å². The Kier molecular flexibility index (Phi) is 22.9. The second-order valence-corrected chi connectivity index (χ2v) is 18.7. The molecule has 2 aliphatic rings. The third-order valence-corrected chi connectivity index (χ3v) is 13.0. The van der Waals surface area contributed by atoms with Crippen LogP contribution in [0.15, 0.2) is 110 Å². The Hall–Kier alpha value is -6.22. The number of carboxylic acid groups (broad SMARTS) is 1. The number of ether oxygens (including phenoxy) is 5. The van der Waals surface area contributed by atoms with Crippen LogP contribution in [-0.4, -0.2) is 142 Å². The standard InChI is InChI=1S/C26H33N3O6S.C25H31N3O6S/c1-33-24(31)26(14-17-36-2,28-23(30)13-12-20-8-4-3-5-9-20)34-19-21-10-7-16-29(21)25(32)35-22-11-6-15-27-18-22;1-35-16-13-25(23(30)31,27-22(29)12-11-19-7-3-2-4-8-19)33-18-20-9-6-15-28(20)24(32)34-21-10-5-14-26-17-21/h3-6,8-9,11,15,18,21H,7,10,12-14,16-17,19H2,1-2H3,(H,28,30);2-5,7-8,10,14,17,20H,6,9,11-13,15-16,18H2,1H3,(H,27,29)(H,30,31)/t21-,26-;20-,25-/m00/s1. The quantitative estimate of drug-likeness (QED) is 0.0486. The molecule has 20 heteroatoms. The van der Waals surface area contributed by atoms with Crippen LogP contribution in [0.5, 0.6) is 11.5 Å². The van der Waals surface area contributed by atoms with Crippen molar-refractivity contribution in [3.05, 3.63) is 121 Å². The van der Waals surface area contributed by atoms with E-state index >= 15 is 0 Å². The molecule has 2 saturated heterocycles. The molecule has 0 saturated carbocycles. The molecule has 71 heavy (non-hydrogen) atoms. The second kappa shape index (κ2) is 29.2. The summed E-state index contributed by atoms with van der Waals surface area (Å²) in [7, 11) is 1.27. The van der Waals surface area contributed by atoms with E-state index < -0.39 is 41.5 Å². The van der Waals surface area contributed by atoms with Gasteiger partial charge in [-0.25, -0.2) is 19.2 Å². The summed E-state index contributed by atoms with van der Waals surface area (Å²) in [5.74, 6) is -0.942. The molecule has 6 rings (SSSR count). The van der Waals surface area contributed by atoms with Crippen molar-refractivity contribution < 1.29 is 57.6 Å². The van der Waals surface area contributed by atoms with Crippen LogP contribution in [0.25, 0.3) is 0 Å². The molecular formula is C51H64N6O12S2. The number of amides is 4. The summed E-state index contributed by atoms with van der Waals surface area (Å²) in [6, 6.07) is 25.1. The van der Waals surface area contributed by atoms with Crippen LogP contribution in [0.2, 0.25) is 0 Å². The predicted molar refractivity (Wildman–Crippen MR) is 269 cm³/mol. The number of esters is 1. The summed E-state index contributed by atoms with van der Waals surface area (Å²) >= 11 is 2.99. The SMILES string of the molecule is COC(=O)[C@@](CCSC)(NC(=O)CCc1ccccc1)OC[C@@H]1CCCN1C(=O)Oc1cccnc1.CSCC[C@](NC(=O)CCc1ccccc1)(OC[C@@H]1CCCN1C(=O)Oc1cccnc1)C(=O)O. The van der Waals surface area contributed by atoms with E-state index in [1.807, 2.05) is 73.2 Å². The van der Waals surface area contributed by atoms with Crippen LogP contribution in [0.3, 0.4) is 0 Å². The molecule has 4 amide bonds. The second-order valence-electron chi connectivity index (χ2n) is 16.7. The summed E-state index contributed by atoms with van der Waals surface area (Å²) in [6.45, 7) is 0.987. The number of nitrogens with one attached hydrogen (secondary N) is 2. The molecule has 2 aromatic heterocycles. The first-order valence-corrected chi connectivity index (χ1v) is 26.2. The van der Waals surface area contributed by atoms with Gasteiger partial charge in [0.25, 0.3) is 0 Å². The molecule has 0 bridgehead atoms. The number of hydrogen-bond donors (Lipinski definition) is 3. The number of likely N-dealkylation sites (tertiary alicyclic amines) is 2. The molecule has 4 atom stereocenters. The molecule has 382 valence electrons. The Morgan fingerprint density at radius 2 is 1.08 bits per heavy atom. The van der Waals surface area contributed by atoms with Crippen molar-refractivity contribution in [1.82, 2.24) is 30.4 Å². The van der Waals surface area contributed by atoms with E-state index in [0.717, 1.165) is 24.0 Å². The zero-order valence-corrected chi connectivity index (χ0v) is 42.0. The number of nitrogens with zero attached hydrogens (tertiary/aromatic N) is 4. The maximum atomic E-state index is 12.9. The van der Waals surface area contributed by atoms with Gasteiger partial charge in [0.15, 0.2) is 11.5 Å². The Bertz CT molecular complexity index is 2290. The number of thioether (sulfide) groups is 2. The van der Waals surface area contributed by atoms with E-state index in [1.165, 1.54) is 47.9 Å². The van der Waals surface area contributed by atoms with Crippen LogP contribution < -0.4 is 20.1 Å². The van der Waals surface area contributed by atoms with E-state index in [9.17, 15) is 33.9 Å². The highest BCUT2D eigenvalue weighted by atomic mass is 32.2. The fourth-order valence-corrected chi connectivity index (χ4v) is 8.91. The van der Waals surface area contributed by atoms with Gasteiger partial charge in [0.05, 0.1) is 44.8 Å². The lowest BCUT2D eigenvalue weighted by molar-refractivity contribution is -0.180. The van der Waals surface area contributed by atoms with Crippen molar-refractivity contribution in [2.75, 3.05) is 57.4 Å². The number of hydrogen-bond acceptors (Lipinski definition) is 15. The number of rotatable bonds is 24. The van der Waals surface area contributed by atoms with Gasteiger partial charge in [0.2, 0.25) is 23.3 Å². The van der Waals surface area contributed by atoms with Gasteiger partial charge >= 0.3 is 24.1 Å². The summed E-state index contributed by atoms with van der Waals surface area (Å²) in [6.07, 6.45) is 13.3. The van der Waals surface area contributed by atoms with Gasteiger partial charge in [-0.15, -0.1) is 0 Å². The average molecular weight is 1020 g/mol. The minimum Gasteiger partial charge on any atom is -0.478 e. The molecule has 18 nitrogen and oxygen atoms in total. The largest absolute Gasteiger partial charge is 0.478 e. The Morgan fingerprint density at radius 1 is 0.648 bits per heavy atom. The fraction of sp³-hybridized carbons (Fsp3) is 0.451. The number of carboxylic acids is 1. The molecule has 0 radical (unpaired) electrons. The van der Waals surface area contributed by atoms with Crippen LogP contribution in [-0.2, 0) is 46.2 Å². The summed E-state index contributed by atoms with van der Waals surface area (Å²) in [5.41, 5.74) is -1.51. The highest BCUT2D eigenvalue weighted by molar-refractivity contribution is 7.98. The topological polar surface area (TPSA) is 225 Å². The number of methoxy groups -OCH3 is 1. The van der Waals surface area contributed by atoms with Gasteiger partial charge < -0.3 is 49.2 Å². The van der Waals surface area contributed by atoms with Crippen molar-refractivity contribution in [2.45, 2.75) is 87.7 Å². The molecular weight excluding hydrogens is 953 g/mol. The lowest BCUT2D eigenvalue weighted by atomic mass is 10.1. The van der Waals surface area contributed by atoms with Gasteiger partial charge in [-0.2, -0.15) is 23.5 Å². The first-order chi connectivity index (χ1) is 34.4. The van der Waals surface area contributed by atoms with E-state index in [2.05, 4.69) is 20.6 Å². The Balaban J connectivity index is 0.000000264. The molecule has 2 aliphatic heterocycles. The van der Waals surface area contributed by atoms with Gasteiger partial charge in [0, 0.05) is 51.2 Å². The maximum Gasteiger partial charge on any atom is 0.415 e. The minimum atomic E-state index is -1.88. The molecule has 0 aliphatic carbocycles. The molecule has 0 spiro atoms. The number of pyridine rings is 2. The lowest BCUT2D eigenvalue weighted by Gasteiger charge is -2.34. The molecule has 4 heterocycles. The molecule has 2 fully saturated rings. The van der Waals surface area contributed by atoms with E-state index in [4.69, 9.17) is 23.7 Å². The number of aromatic nitrogens is 2. The maximum absolute atomic E-state index is 12.9. The molecule has 4 aromatic rings. The van der Waals surface area contributed by atoms with Crippen LogP contribution >= 0.6 is 23.5 Å². The number of aryl methyl sites for hydroxylation is 2. The lowest BCUT2D eigenvalue weighted by Crippen LogP contribution is -2.59. The molecule has 3 N–H and O–H groups in total. The van der Waals surface area contributed by atoms with Crippen molar-refractivity contribution in [2.24, 2.45) is 0 Å². The van der Waals surface area contributed by atoms with Gasteiger partial charge in [-0.05, 0) is 97.9 Å². The van der Waals surface area contributed by atoms with E-state index in [0.29, 0.717) is 61.8 Å². The van der Waals surface area contributed by atoms with Crippen molar-refractivity contribution in [3.63, 3.8) is 0 Å². The van der Waals surface area contributed by atoms with Crippen LogP contribution in [0.1, 0.15) is 62.5 Å². The summed E-state index contributed by atoms with van der Waals surface area (Å²) in [4.78, 5) is 87.3. The number of aliphatic carboxylic acids is 1. The highest BCUT2D eigenvalue weighted by Crippen LogP contribution is 2.26. The normalized spacial score (nSPS) is 16.8. The Labute approximate surface area is 423 Å². The van der Waals surface area contributed by atoms with E-state index in [-0.39, 0.29) is 56.9 Å². The first kappa shape index (κ1) is 55.7. The number of benzene rings is 2. The van der Waals surface area contributed by atoms with Crippen molar-refractivity contribution in [1.29, 1.82) is 0 Å². The molecule has 0 unspecified atom stereocenters. The number of carbonyl (C=O) groups is 6. The fourth-order valence-electron chi connectivity index (χ4n) is 7.92. The van der Waals surface area contributed by atoms with Gasteiger partial charge in [-0.3, -0.25) is 19.6 Å². The summed E-state index contributed by atoms with van der Waals surface area (Å²) in [5, 5.41) is 15.5. The van der Waals surface area contributed by atoms with Gasteiger partial charge in [0.1, 0.15) is 0 Å². The average Bonchev–Trinajstić information content (AvgIpc) is 4.08. The Morgan fingerprint density at radius 3 is 1.49 bits per heavy atom. The van der Waals surface area contributed by atoms with Crippen molar-refractivity contribution in [3.8, 4) is 11.5 Å². The number of carbonyl (C=O) groups excluding carboxylic acids is 5. The highest BCUT2D eigenvalue weighted by Gasteiger charge is 2.45. The third kappa shape index (κ3) is 17.5. The first-order valence-electron chi connectivity index (χ1n) is 23.4. The predicted octanol–water partition coefficient (Wildman–Crippen LogP) is 6.78. The van der Waals surface area contributed by atoms with Crippen molar-refractivity contribution >= 4 is 59.5 Å². The molecule has 2 aromatic carbocycles. The smallest absolute Gasteiger partial charge is 0.415 e. The minimum absolute atomic E-state index is 0.0399. The zero-order valence-electron chi connectivity index (χ0n) is 40.4. The van der Waals surface area contributed by atoms with Crippen LogP contribution in [0.4, 0.5) is 9.59 Å². The third-order valence-electron chi connectivity index (χ3n) is 11.8. The zero-order chi connectivity index (χ0) is 50.9. The summed E-state index contributed by atoms with van der Waals surface area (Å²) < 4.78 is 27.9. The van der Waals surface area contributed by atoms with Gasteiger partial charge in [-0.1, -0.05) is 60.7 Å². The monoisotopic (exact) mass is 1020 g/mol. The van der Waals surface area contributed by atoms with Crippen LogP contribution in [0, 0.1) is 0 Å².